The van der Waals surface area contributed by atoms with Gasteiger partial charge in [-0.2, -0.15) is 0 Å². The predicted octanol–water partition coefficient (Wildman–Crippen LogP) is 3.48. The summed E-state index contributed by atoms with van der Waals surface area (Å²) in [6, 6.07) is 7.16. The molecule has 108 valence electrons. The van der Waals surface area contributed by atoms with Crippen molar-refractivity contribution in [3.8, 4) is 0 Å². The van der Waals surface area contributed by atoms with Crippen LogP contribution in [0.5, 0.6) is 0 Å². The van der Waals surface area contributed by atoms with Crippen LogP contribution in [0.15, 0.2) is 29.2 Å². The summed E-state index contributed by atoms with van der Waals surface area (Å²) in [4.78, 5) is 0.354. The van der Waals surface area contributed by atoms with Gasteiger partial charge in [0.2, 0.25) is 10.0 Å². The SMILES string of the molecule is CCCc1ccc(S(=O)(=O)NCCCCCBr)cc1. The van der Waals surface area contributed by atoms with Crippen molar-refractivity contribution in [3.05, 3.63) is 29.8 Å². The van der Waals surface area contributed by atoms with Gasteiger partial charge in [-0.25, -0.2) is 13.1 Å². The second kappa shape index (κ2) is 8.72. The van der Waals surface area contributed by atoms with E-state index in [1.54, 1.807) is 12.1 Å². The highest BCUT2D eigenvalue weighted by atomic mass is 79.9. The Balaban J connectivity index is 2.52. The third-order valence-corrected chi connectivity index (χ3v) is 4.91. The van der Waals surface area contributed by atoms with Crippen molar-refractivity contribution in [2.24, 2.45) is 0 Å². The molecule has 0 unspecified atom stereocenters. The van der Waals surface area contributed by atoms with Gasteiger partial charge >= 0.3 is 0 Å². The molecular weight excluding hydrogens is 326 g/mol. The molecule has 0 radical (unpaired) electrons. The zero-order chi connectivity index (χ0) is 14.1. The minimum Gasteiger partial charge on any atom is -0.211 e. The second-order valence-corrected chi connectivity index (χ2v) is 7.10. The van der Waals surface area contributed by atoms with Gasteiger partial charge in [0.25, 0.3) is 0 Å². The lowest BCUT2D eigenvalue weighted by molar-refractivity contribution is 0.576. The molecule has 0 aliphatic rings. The van der Waals surface area contributed by atoms with E-state index in [0.717, 1.165) is 37.4 Å². The van der Waals surface area contributed by atoms with Crippen LogP contribution in [0.4, 0.5) is 0 Å². The van der Waals surface area contributed by atoms with Gasteiger partial charge in [-0.05, 0) is 37.0 Å². The first-order valence-corrected chi connectivity index (χ1v) is 9.35. The van der Waals surface area contributed by atoms with Crippen LogP contribution >= 0.6 is 15.9 Å². The zero-order valence-corrected chi connectivity index (χ0v) is 13.8. The summed E-state index contributed by atoms with van der Waals surface area (Å²) >= 11 is 3.36. The Hall–Kier alpha value is -0.390. The Kier molecular flexibility index (Phi) is 7.64. The third kappa shape index (κ3) is 6.06. The quantitative estimate of drug-likeness (QED) is 0.549. The summed E-state index contributed by atoms with van der Waals surface area (Å²) in [7, 11) is -3.34. The van der Waals surface area contributed by atoms with Gasteiger partial charge in [0, 0.05) is 11.9 Å². The number of alkyl halides is 1. The van der Waals surface area contributed by atoms with Crippen molar-refractivity contribution in [2.45, 2.75) is 43.9 Å². The van der Waals surface area contributed by atoms with Crippen molar-refractivity contribution in [1.29, 1.82) is 0 Å². The monoisotopic (exact) mass is 347 g/mol. The van der Waals surface area contributed by atoms with Crippen molar-refractivity contribution >= 4 is 26.0 Å². The maximum absolute atomic E-state index is 12.0. The molecular formula is C14H22BrNO2S. The molecule has 0 spiro atoms. The lowest BCUT2D eigenvalue weighted by atomic mass is 10.1. The van der Waals surface area contributed by atoms with Gasteiger partial charge in [-0.3, -0.25) is 0 Å². The van der Waals surface area contributed by atoms with Crippen molar-refractivity contribution < 1.29 is 8.42 Å². The number of aryl methyl sites for hydroxylation is 1. The van der Waals surface area contributed by atoms with E-state index in [4.69, 9.17) is 0 Å². The molecule has 1 aromatic carbocycles. The number of unbranched alkanes of at least 4 members (excludes halogenated alkanes) is 2. The van der Waals surface area contributed by atoms with Crippen molar-refractivity contribution in [2.75, 3.05) is 11.9 Å². The van der Waals surface area contributed by atoms with E-state index in [-0.39, 0.29) is 0 Å². The Bertz CT molecular complexity index is 457. The van der Waals surface area contributed by atoms with E-state index in [1.807, 2.05) is 12.1 Å². The Morgan fingerprint density at radius 3 is 2.37 bits per heavy atom. The van der Waals surface area contributed by atoms with Gasteiger partial charge in [-0.15, -0.1) is 0 Å². The van der Waals surface area contributed by atoms with Crippen molar-refractivity contribution in [1.82, 2.24) is 4.72 Å². The lowest BCUT2D eigenvalue weighted by Gasteiger charge is -2.07. The van der Waals surface area contributed by atoms with Gasteiger partial charge in [0.15, 0.2) is 0 Å². The molecule has 0 saturated heterocycles. The number of nitrogens with one attached hydrogen (secondary N) is 1. The molecule has 0 aromatic heterocycles. The molecule has 0 aliphatic heterocycles. The van der Waals surface area contributed by atoms with Gasteiger partial charge in [0.1, 0.15) is 0 Å². The smallest absolute Gasteiger partial charge is 0.211 e. The van der Waals surface area contributed by atoms with Crippen LogP contribution in [0.25, 0.3) is 0 Å². The van der Waals surface area contributed by atoms with Gasteiger partial charge in [-0.1, -0.05) is 47.8 Å². The topological polar surface area (TPSA) is 46.2 Å². The van der Waals surface area contributed by atoms with Crippen LogP contribution in [-0.2, 0) is 16.4 Å². The molecule has 0 bridgehead atoms. The Labute approximate surface area is 125 Å². The average molecular weight is 348 g/mol. The summed E-state index contributed by atoms with van der Waals surface area (Å²) in [5.41, 5.74) is 1.18. The van der Waals surface area contributed by atoms with E-state index >= 15 is 0 Å². The number of halogens is 1. The molecule has 0 fully saturated rings. The fraction of sp³-hybridized carbons (Fsp3) is 0.571. The maximum Gasteiger partial charge on any atom is 0.240 e. The minimum atomic E-state index is -3.34. The van der Waals surface area contributed by atoms with Crippen molar-refractivity contribution in [3.63, 3.8) is 0 Å². The number of rotatable bonds is 9. The standard InChI is InChI=1S/C14H22BrNO2S/c1-2-6-13-7-9-14(10-8-13)19(17,18)16-12-5-3-4-11-15/h7-10,16H,2-6,11-12H2,1H3. The average Bonchev–Trinajstić information content (AvgIpc) is 2.39. The normalized spacial score (nSPS) is 11.7. The fourth-order valence-corrected chi connectivity index (χ4v) is 3.28. The molecule has 0 aliphatic carbocycles. The zero-order valence-electron chi connectivity index (χ0n) is 11.4. The summed E-state index contributed by atoms with van der Waals surface area (Å²) in [6.45, 7) is 2.62. The largest absolute Gasteiger partial charge is 0.240 e. The minimum absolute atomic E-state index is 0.354. The van der Waals surface area contributed by atoms with Crippen LogP contribution in [0.1, 0.15) is 38.2 Å². The predicted molar refractivity (Wildman–Crippen MR) is 83.3 cm³/mol. The molecule has 1 N–H and O–H groups in total. The number of sulfonamides is 1. The molecule has 0 amide bonds. The lowest BCUT2D eigenvalue weighted by Crippen LogP contribution is -2.24. The highest BCUT2D eigenvalue weighted by Crippen LogP contribution is 2.12. The van der Waals surface area contributed by atoms with E-state index in [0.29, 0.717) is 11.4 Å². The Morgan fingerprint density at radius 1 is 1.11 bits per heavy atom. The summed E-state index contributed by atoms with van der Waals surface area (Å²) in [5.74, 6) is 0. The molecule has 0 saturated carbocycles. The van der Waals surface area contributed by atoms with E-state index in [1.165, 1.54) is 5.56 Å². The Morgan fingerprint density at radius 2 is 1.79 bits per heavy atom. The first-order valence-electron chi connectivity index (χ1n) is 6.74. The molecule has 0 atom stereocenters. The second-order valence-electron chi connectivity index (χ2n) is 4.54. The number of hydrogen-bond acceptors (Lipinski definition) is 2. The number of benzene rings is 1. The first kappa shape index (κ1) is 16.7. The van der Waals surface area contributed by atoms with Crippen LogP contribution in [0, 0.1) is 0 Å². The van der Waals surface area contributed by atoms with Gasteiger partial charge in [0.05, 0.1) is 4.90 Å². The molecule has 1 rings (SSSR count). The van der Waals surface area contributed by atoms with E-state index in [9.17, 15) is 8.42 Å². The highest BCUT2D eigenvalue weighted by molar-refractivity contribution is 9.09. The maximum atomic E-state index is 12.0. The van der Waals surface area contributed by atoms with Crippen LogP contribution in [-0.4, -0.2) is 20.3 Å². The summed E-state index contributed by atoms with van der Waals surface area (Å²) in [5, 5.41) is 0.971. The third-order valence-electron chi connectivity index (χ3n) is 2.87. The summed E-state index contributed by atoms with van der Waals surface area (Å²) < 4.78 is 26.7. The molecule has 3 nitrogen and oxygen atoms in total. The van der Waals surface area contributed by atoms with Gasteiger partial charge < -0.3 is 0 Å². The van der Waals surface area contributed by atoms with Crippen LogP contribution in [0.3, 0.4) is 0 Å². The highest BCUT2D eigenvalue weighted by Gasteiger charge is 2.12. The van der Waals surface area contributed by atoms with E-state index < -0.39 is 10.0 Å². The summed E-state index contributed by atoms with van der Waals surface area (Å²) in [6.07, 6.45) is 5.04. The van der Waals surface area contributed by atoms with Crippen LogP contribution < -0.4 is 4.72 Å². The molecule has 0 heterocycles. The molecule has 19 heavy (non-hydrogen) atoms. The first-order chi connectivity index (χ1) is 9.10. The van der Waals surface area contributed by atoms with E-state index in [2.05, 4.69) is 27.6 Å². The molecule has 1 aromatic rings. The van der Waals surface area contributed by atoms with Crippen LogP contribution in [0.2, 0.25) is 0 Å². The number of hydrogen-bond donors (Lipinski definition) is 1. The fourth-order valence-electron chi connectivity index (χ4n) is 1.81. The molecule has 5 heteroatoms.